The summed E-state index contributed by atoms with van der Waals surface area (Å²) in [5, 5.41) is 12.4. The molecule has 3 nitrogen and oxygen atoms in total. The molecule has 2 N–H and O–H groups in total. The maximum Gasteiger partial charge on any atom is 0.119 e. The minimum atomic E-state index is -0.0856. The molecule has 0 aliphatic heterocycles. The van der Waals surface area contributed by atoms with Crippen LogP contribution in [0.4, 0.5) is 0 Å². The van der Waals surface area contributed by atoms with Gasteiger partial charge >= 0.3 is 0 Å². The third-order valence-corrected chi connectivity index (χ3v) is 2.66. The summed E-state index contributed by atoms with van der Waals surface area (Å²) in [5.74, 6) is 0.910. The molecule has 0 aromatic heterocycles. The monoisotopic (exact) mass is 207 g/mol. The van der Waals surface area contributed by atoms with Gasteiger partial charge in [0.15, 0.2) is 0 Å². The lowest BCUT2D eigenvalue weighted by atomic mass is 9.90. The Kier molecular flexibility index (Phi) is 3.59. The molecule has 82 valence electrons. The van der Waals surface area contributed by atoms with Crippen molar-refractivity contribution in [3.05, 3.63) is 30.3 Å². The van der Waals surface area contributed by atoms with Crippen LogP contribution in [-0.2, 0) is 0 Å². The molecule has 1 aromatic rings. The van der Waals surface area contributed by atoms with Crippen LogP contribution in [-0.4, -0.2) is 30.4 Å². The third-order valence-electron chi connectivity index (χ3n) is 2.66. The van der Waals surface area contributed by atoms with Gasteiger partial charge < -0.3 is 15.2 Å². The maximum absolute atomic E-state index is 9.08. The van der Waals surface area contributed by atoms with Gasteiger partial charge in [0.2, 0.25) is 0 Å². The van der Waals surface area contributed by atoms with Crippen LogP contribution < -0.4 is 10.1 Å². The molecule has 1 saturated carbocycles. The van der Waals surface area contributed by atoms with Gasteiger partial charge in [-0.2, -0.15) is 0 Å². The predicted molar refractivity (Wildman–Crippen MR) is 59.0 cm³/mol. The zero-order chi connectivity index (χ0) is 10.5. The Balaban J connectivity index is 1.56. The second-order valence-electron chi connectivity index (χ2n) is 3.94. The third kappa shape index (κ3) is 3.22. The fourth-order valence-corrected chi connectivity index (χ4v) is 1.70. The predicted octanol–water partition coefficient (Wildman–Crippen LogP) is 1.18. The summed E-state index contributed by atoms with van der Waals surface area (Å²) in [6.45, 7) is 1.52. The summed E-state index contributed by atoms with van der Waals surface area (Å²) >= 11 is 0. The highest BCUT2D eigenvalue weighted by Gasteiger charge is 2.25. The molecule has 15 heavy (non-hydrogen) atoms. The smallest absolute Gasteiger partial charge is 0.119 e. The lowest BCUT2D eigenvalue weighted by molar-refractivity contribution is 0.0612. The fourth-order valence-electron chi connectivity index (χ4n) is 1.70. The van der Waals surface area contributed by atoms with Crippen molar-refractivity contribution in [1.82, 2.24) is 5.32 Å². The highest BCUT2D eigenvalue weighted by molar-refractivity contribution is 5.20. The van der Waals surface area contributed by atoms with Crippen molar-refractivity contribution >= 4 is 0 Å². The van der Waals surface area contributed by atoms with E-state index in [0.29, 0.717) is 12.6 Å². The SMILES string of the molecule is OC1CC(NCCOc2ccccc2)C1. The van der Waals surface area contributed by atoms with Gasteiger partial charge in [-0.3, -0.25) is 0 Å². The number of hydrogen-bond donors (Lipinski definition) is 2. The number of nitrogens with one attached hydrogen (secondary N) is 1. The van der Waals surface area contributed by atoms with E-state index in [1.165, 1.54) is 0 Å². The quantitative estimate of drug-likeness (QED) is 0.712. The molecule has 0 heterocycles. The molecule has 0 spiro atoms. The molecule has 0 saturated heterocycles. The van der Waals surface area contributed by atoms with Crippen LogP contribution in [0.2, 0.25) is 0 Å². The summed E-state index contributed by atoms with van der Waals surface area (Å²) in [5.41, 5.74) is 0. The lowest BCUT2D eigenvalue weighted by Gasteiger charge is -2.32. The highest BCUT2D eigenvalue weighted by Crippen LogP contribution is 2.18. The number of benzene rings is 1. The van der Waals surface area contributed by atoms with E-state index in [1.807, 2.05) is 30.3 Å². The van der Waals surface area contributed by atoms with Crippen LogP contribution in [0.5, 0.6) is 5.75 Å². The van der Waals surface area contributed by atoms with Crippen molar-refractivity contribution < 1.29 is 9.84 Å². The van der Waals surface area contributed by atoms with E-state index < -0.39 is 0 Å². The van der Waals surface area contributed by atoms with Gasteiger partial charge in [0.1, 0.15) is 12.4 Å². The van der Waals surface area contributed by atoms with E-state index in [0.717, 1.165) is 25.1 Å². The molecular formula is C12H17NO2. The fraction of sp³-hybridized carbons (Fsp3) is 0.500. The second-order valence-corrected chi connectivity index (χ2v) is 3.94. The van der Waals surface area contributed by atoms with Crippen molar-refractivity contribution in [3.8, 4) is 5.75 Å². The van der Waals surface area contributed by atoms with Crippen LogP contribution in [0.1, 0.15) is 12.8 Å². The van der Waals surface area contributed by atoms with Gasteiger partial charge in [-0.1, -0.05) is 18.2 Å². The Hall–Kier alpha value is -1.06. The van der Waals surface area contributed by atoms with Crippen LogP contribution in [0.15, 0.2) is 30.3 Å². The maximum atomic E-state index is 9.08. The molecule has 0 radical (unpaired) electrons. The zero-order valence-corrected chi connectivity index (χ0v) is 8.73. The first-order valence-electron chi connectivity index (χ1n) is 5.44. The van der Waals surface area contributed by atoms with Crippen molar-refractivity contribution in [2.45, 2.75) is 25.0 Å². The van der Waals surface area contributed by atoms with E-state index in [-0.39, 0.29) is 6.10 Å². The average molecular weight is 207 g/mol. The standard InChI is InChI=1S/C12H17NO2/c14-11-8-10(9-11)13-6-7-15-12-4-2-1-3-5-12/h1-5,10-11,13-14H,6-9H2. The molecule has 1 fully saturated rings. The van der Waals surface area contributed by atoms with Gasteiger partial charge in [0.05, 0.1) is 6.10 Å². The first-order valence-corrected chi connectivity index (χ1v) is 5.44. The van der Waals surface area contributed by atoms with E-state index in [9.17, 15) is 0 Å². The summed E-state index contributed by atoms with van der Waals surface area (Å²) in [6, 6.07) is 10.3. The number of aliphatic hydroxyl groups is 1. The normalized spacial score (nSPS) is 24.6. The molecule has 0 bridgehead atoms. The minimum absolute atomic E-state index is 0.0856. The van der Waals surface area contributed by atoms with Crippen LogP contribution in [0, 0.1) is 0 Å². The van der Waals surface area contributed by atoms with Crippen LogP contribution in [0.3, 0.4) is 0 Å². The molecule has 1 aliphatic rings. The Bertz CT molecular complexity index is 283. The molecule has 2 rings (SSSR count). The molecule has 1 aromatic carbocycles. The van der Waals surface area contributed by atoms with Crippen LogP contribution >= 0.6 is 0 Å². The molecule has 0 amide bonds. The Morgan fingerprint density at radius 1 is 1.27 bits per heavy atom. The van der Waals surface area contributed by atoms with E-state index in [2.05, 4.69) is 5.32 Å². The van der Waals surface area contributed by atoms with Gasteiger partial charge in [-0.15, -0.1) is 0 Å². The highest BCUT2D eigenvalue weighted by atomic mass is 16.5. The lowest BCUT2D eigenvalue weighted by Crippen LogP contribution is -2.45. The molecular weight excluding hydrogens is 190 g/mol. The largest absolute Gasteiger partial charge is 0.492 e. The van der Waals surface area contributed by atoms with Crippen molar-refractivity contribution in [2.24, 2.45) is 0 Å². The average Bonchev–Trinajstić information content (AvgIpc) is 2.23. The minimum Gasteiger partial charge on any atom is -0.492 e. The van der Waals surface area contributed by atoms with Crippen LogP contribution in [0.25, 0.3) is 0 Å². The summed E-state index contributed by atoms with van der Waals surface area (Å²) in [4.78, 5) is 0. The summed E-state index contributed by atoms with van der Waals surface area (Å²) in [7, 11) is 0. The molecule has 3 heteroatoms. The number of rotatable bonds is 5. The zero-order valence-electron chi connectivity index (χ0n) is 8.73. The topological polar surface area (TPSA) is 41.5 Å². The van der Waals surface area contributed by atoms with Gasteiger partial charge in [0, 0.05) is 12.6 Å². The second kappa shape index (κ2) is 5.14. The van der Waals surface area contributed by atoms with Crippen molar-refractivity contribution in [2.75, 3.05) is 13.2 Å². The van der Waals surface area contributed by atoms with Crippen molar-refractivity contribution in [1.29, 1.82) is 0 Å². The van der Waals surface area contributed by atoms with E-state index in [1.54, 1.807) is 0 Å². The van der Waals surface area contributed by atoms with Gasteiger partial charge in [0.25, 0.3) is 0 Å². The Morgan fingerprint density at radius 2 is 2.00 bits per heavy atom. The summed E-state index contributed by atoms with van der Waals surface area (Å²) in [6.07, 6.45) is 1.67. The van der Waals surface area contributed by atoms with Crippen molar-refractivity contribution in [3.63, 3.8) is 0 Å². The van der Waals surface area contributed by atoms with Gasteiger partial charge in [-0.05, 0) is 25.0 Å². The van der Waals surface area contributed by atoms with E-state index >= 15 is 0 Å². The first-order chi connectivity index (χ1) is 7.34. The van der Waals surface area contributed by atoms with Gasteiger partial charge in [-0.25, -0.2) is 0 Å². The van der Waals surface area contributed by atoms with E-state index in [4.69, 9.17) is 9.84 Å². The summed E-state index contributed by atoms with van der Waals surface area (Å²) < 4.78 is 5.53. The number of para-hydroxylation sites is 1. The molecule has 1 aliphatic carbocycles. The molecule has 0 atom stereocenters. The first kappa shape index (κ1) is 10.5. The Morgan fingerprint density at radius 3 is 2.67 bits per heavy atom. The number of ether oxygens (including phenoxy) is 1. The Labute approximate surface area is 90.1 Å². The number of hydrogen-bond acceptors (Lipinski definition) is 3. The number of aliphatic hydroxyl groups excluding tert-OH is 1. The molecule has 0 unspecified atom stereocenters.